The lowest BCUT2D eigenvalue weighted by molar-refractivity contribution is -0.139. The lowest BCUT2D eigenvalue weighted by atomic mass is 10.2. The second-order valence-corrected chi connectivity index (χ2v) is 4.08. The molecule has 0 bridgehead atoms. The van der Waals surface area contributed by atoms with Crippen molar-refractivity contribution in [1.29, 1.82) is 5.26 Å². The fraction of sp³-hybridized carbons (Fsp3) is 0.250. The van der Waals surface area contributed by atoms with Crippen LogP contribution in [-0.2, 0) is 9.59 Å². The standard InChI is InChI=1S/C12H9FN2O3/c13-9-3-6(5-14)1-2-10(9)15-11(16)7-4-8(7)12(17)18/h1-3,7-8H,4H2,(H,15,16)(H,17,18). The van der Waals surface area contributed by atoms with Crippen LogP contribution in [0.2, 0.25) is 0 Å². The second-order valence-electron chi connectivity index (χ2n) is 4.08. The molecule has 2 atom stereocenters. The normalized spacial score (nSPS) is 20.9. The van der Waals surface area contributed by atoms with Gasteiger partial charge in [-0.15, -0.1) is 0 Å². The van der Waals surface area contributed by atoms with Gasteiger partial charge in [-0.3, -0.25) is 9.59 Å². The number of rotatable bonds is 3. The molecule has 0 aliphatic heterocycles. The van der Waals surface area contributed by atoms with Gasteiger partial charge < -0.3 is 10.4 Å². The molecule has 1 aliphatic rings. The average molecular weight is 248 g/mol. The van der Waals surface area contributed by atoms with Crippen molar-refractivity contribution in [3.63, 3.8) is 0 Å². The van der Waals surface area contributed by atoms with Crippen LogP contribution in [0.1, 0.15) is 12.0 Å². The number of carbonyl (C=O) groups excluding carboxylic acids is 1. The molecular formula is C12H9FN2O3. The van der Waals surface area contributed by atoms with Crippen LogP contribution in [0.25, 0.3) is 0 Å². The van der Waals surface area contributed by atoms with Gasteiger partial charge in [0.2, 0.25) is 5.91 Å². The molecule has 1 aromatic rings. The summed E-state index contributed by atoms with van der Waals surface area (Å²) < 4.78 is 13.5. The van der Waals surface area contributed by atoms with Gasteiger partial charge in [-0.05, 0) is 24.6 Å². The molecule has 1 amide bonds. The number of hydrogen-bond acceptors (Lipinski definition) is 3. The molecule has 6 heteroatoms. The maximum Gasteiger partial charge on any atom is 0.307 e. The third-order valence-corrected chi connectivity index (χ3v) is 2.80. The zero-order valence-corrected chi connectivity index (χ0v) is 9.18. The van der Waals surface area contributed by atoms with Gasteiger partial charge in [0, 0.05) is 0 Å². The Morgan fingerprint density at radius 1 is 1.44 bits per heavy atom. The molecule has 1 aliphatic carbocycles. The van der Waals surface area contributed by atoms with E-state index in [4.69, 9.17) is 10.4 Å². The highest BCUT2D eigenvalue weighted by Crippen LogP contribution is 2.39. The highest BCUT2D eigenvalue weighted by molar-refractivity contribution is 5.98. The van der Waals surface area contributed by atoms with Crippen molar-refractivity contribution < 1.29 is 19.1 Å². The predicted octanol–water partition coefficient (Wildman–Crippen LogP) is 1.36. The summed E-state index contributed by atoms with van der Waals surface area (Å²) in [5.41, 5.74) is 0.107. The maximum atomic E-state index is 13.5. The molecule has 1 aromatic carbocycles. The highest BCUT2D eigenvalue weighted by Gasteiger charge is 2.48. The van der Waals surface area contributed by atoms with E-state index in [0.717, 1.165) is 6.07 Å². The second kappa shape index (κ2) is 4.45. The predicted molar refractivity (Wildman–Crippen MR) is 59.0 cm³/mol. The summed E-state index contributed by atoms with van der Waals surface area (Å²) in [7, 11) is 0. The summed E-state index contributed by atoms with van der Waals surface area (Å²) in [6.45, 7) is 0. The summed E-state index contributed by atoms with van der Waals surface area (Å²) in [6, 6.07) is 5.44. The van der Waals surface area contributed by atoms with E-state index >= 15 is 0 Å². The molecule has 0 spiro atoms. The molecule has 5 nitrogen and oxygen atoms in total. The molecule has 0 radical (unpaired) electrons. The third kappa shape index (κ3) is 2.30. The quantitative estimate of drug-likeness (QED) is 0.844. The summed E-state index contributed by atoms with van der Waals surface area (Å²) in [5, 5.41) is 19.6. The minimum atomic E-state index is -1.02. The Labute approximate surface area is 102 Å². The van der Waals surface area contributed by atoms with Crippen LogP contribution in [0.5, 0.6) is 0 Å². The van der Waals surface area contributed by atoms with Crippen molar-refractivity contribution in [2.24, 2.45) is 11.8 Å². The maximum absolute atomic E-state index is 13.5. The molecule has 0 aromatic heterocycles. The summed E-state index contributed by atoms with van der Waals surface area (Å²) in [6.07, 6.45) is 0.277. The first-order valence-corrected chi connectivity index (χ1v) is 5.26. The Kier molecular flexibility index (Phi) is 2.98. The van der Waals surface area contributed by atoms with E-state index in [9.17, 15) is 14.0 Å². The van der Waals surface area contributed by atoms with Crippen molar-refractivity contribution in [1.82, 2.24) is 0 Å². The van der Waals surface area contributed by atoms with Crippen LogP contribution >= 0.6 is 0 Å². The SMILES string of the molecule is N#Cc1ccc(NC(=O)C2CC2C(=O)O)c(F)c1. The molecule has 0 heterocycles. The number of carboxylic acids is 1. The van der Waals surface area contributed by atoms with Gasteiger partial charge in [-0.2, -0.15) is 5.26 Å². The van der Waals surface area contributed by atoms with Crippen LogP contribution in [0.4, 0.5) is 10.1 Å². The molecule has 1 fully saturated rings. The fourth-order valence-electron chi connectivity index (χ4n) is 1.67. The summed E-state index contributed by atoms with van der Waals surface area (Å²) >= 11 is 0. The number of benzene rings is 1. The zero-order chi connectivity index (χ0) is 13.3. The molecule has 2 unspecified atom stereocenters. The fourth-order valence-corrected chi connectivity index (χ4v) is 1.67. The van der Waals surface area contributed by atoms with E-state index < -0.39 is 29.5 Å². The number of aliphatic carboxylic acids is 1. The molecule has 18 heavy (non-hydrogen) atoms. The Balaban J connectivity index is 2.05. The van der Waals surface area contributed by atoms with Crippen LogP contribution in [-0.4, -0.2) is 17.0 Å². The van der Waals surface area contributed by atoms with Crippen molar-refractivity contribution in [2.75, 3.05) is 5.32 Å². The lowest BCUT2D eigenvalue weighted by Crippen LogP contribution is -2.17. The zero-order valence-electron chi connectivity index (χ0n) is 9.18. The van der Waals surface area contributed by atoms with Gasteiger partial charge in [0.05, 0.1) is 29.2 Å². The van der Waals surface area contributed by atoms with Crippen LogP contribution in [0.3, 0.4) is 0 Å². The van der Waals surface area contributed by atoms with Gasteiger partial charge in [0.25, 0.3) is 0 Å². The first-order chi connectivity index (χ1) is 8.52. The number of nitrogens with zero attached hydrogens (tertiary/aromatic N) is 1. The van der Waals surface area contributed by atoms with Gasteiger partial charge >= 0.3 is 5.97 Å². The van der Waals surface area contributed by atoms with E-state index in [0.29, 0.717) is 0 Å². The summed E-state index contributed by atoms with van der Waals surface area (Å²) in [5.74, 6) is -3.51. The number of carboxylic acid groups (broad SMARTS) is 1. The number of nitrogens with one attached hydrogen (secondary N) is 1. The van der Waals surface area contributed by atoms with E-state index in [2.05, 4.69) is 5.32 Å². The topological polar surface area (TPSA) is 90.2 Å². The number of hydrogen-bond donors (Lipinski definition) is 2. The Bertz CT molecular complexity index is 565. The van der Waals surface area contributed by atoms with E-state index in [1.165, 1.54) is 12.1 Å². The smallest absolute Gasteiger partial charge is 0.307 e. The molecule has 2 N–H and O–H groups in total. The minimum Gasteiger partial charge on any atom is -0.481 e. The van der Waals surface area contributed by atoms with Gasteiger partial charge in [-0.1, -0.05) is 0 Å². The van der Waals surface area contributed by atoms with Crippen LogP contribution < -0.4 is 5.32 Å². The largest absolute Gasteiger partial charge is 0.481 e. The molecule has 0 saturated heterocycles. The van der Waals surface area contributed by atoms with E-state index in [-0.39, 0.29) is 17.7 Å². The Morgan fingerprint density at radius 2 is 2.17 bits per heavy atom. The molecule has 1 saturated carbocycles. The van der Waals surface area contributed by atoms with Gasteiger partial charge in [-0.25, -0.2) is 4.39 Å². The molecule has 2 rings (SSSR count). The Hall–Kier alpha value is -2.42. The van der Waals surface area contributed by atoms with Crippen LogP contribution in [0.15, 0.2) is 18.2 Å². The van der Waals surface area contributed by atoms with Crippen molar-refractivity contribution in [3.8, 4) is 6.07 Å². The van der Waals surface area contributed by atoms with Crippen LogP contribution in [0, 0.1) is 29.0 Å². The lowest BCUT2D eigenvalue weighted by Gasteiger charge is -2.05. The number of amides is 1. The first-order valence-electron chi connectivity index (χ1n) is 5.26. The van der Waals surface area contributed by atoms with E-state index in [1.54, 1.807) is 6.07 Å². The first kappa shape index (κ1) is 12.0. The highest BCUT2D eigenvalue weighted by atomic mass is 19.1. The minimum absolute atomic E-state index is 0.0463. The van der Waals surface area contributed by atoms with Gasteiger partial charge in [0.1, 0.15) is 5.82 Å². The van der Waals surface area contributed by atoms with Gasteiger partial charge in [0.15, 0.2) is 0 Å². The number of halogens is 1. The molecule has 92 valence electrons. The number of carbonyl (C=O) groups is 2. The number of nitriles is 1. The van der Waals surface area contributed by atoms with Crippen molar-refractivity contribution in [3.05, 3.63) is 29.6 Å². The van der Waals surface area contributed by atoms with E-state index in [1.807, 2.05) is 0 Å². The molecular weight excluding hydrogens is 239 g/mol. The van der Waals surface area contributed by atoms with Crippen molar-refractivity contribution in [2.45, 2.75) is 6.42 Å². The van der Waals surface area contributed by atoms with Crippen molar-refractivity contribution >= 4 is 17.6 Å². The monoisotopic (exact) mass is 248 g/mol. The summed E-state index contributed by atoms with van der Waals surface area (Å²) in [4.78, 5) is 22.2. The Morgan fingerprint density at radius 3 is 2.67 bits per heavy atom. The third-order valence-electron chi connectivity index (χ3n) is 2.80. The number of anilines is 1. The average Bonchev–Trinajstić information content (AvgIpc) is 3.11.